The third kappa shape index (κ3) is 2.85. The van der Waals surface area contributed by atoms with Crippen LogP contribution in [0.2, 0.25) is 0 Å². The molecule has 0 aromatic carbocycles. The number of pyridine rings is 1. The summed E-state index contributed by atoms with van der Waals surface area (Å²) < 4.78 is 41.9. The molecular weight excluding hydrogens is 247 g/mol. The Morgan fingerprint density at radius 2 is 1.94 bits per heavy atom. The normalized spacial score (nSPS) is 13.6. The molecule has 0 spiro atoms. The van der Waals surface area contributed by atoms with Gasteiger partial charge in [0.2, 0.25) is 11.7 Å². The number of alkyl halides is 3. The van der Waals surface area contributed by atoms with E-state index in [2.05, 4.69) is 15.1 Å². The van der Waals surface area contributed by atoms with Gasteiger partial charge >= 0.3 is 6.18 Å². The molecule has 0 saturated carbocycles. The van der Waals surface area contributed by atoms with Gasteiger partial charge in [0, 0.05) is 24.4 Å². The van der Waals surface area contributed by atoms with Gasteiger partial charge in [0.15, 0.2) is 0 Å². The van der Waals surface area contributed by atoms with Crippen molar-refractivity contribution in [2.75, 3.05) is 0 Å². The molecule has 0 N–H and O–H groups in total. The van der Waals surface area contributed by atoms with Crippen molar-refractivity contribution in [1.82, 2.24) is 15.1 Å². The molecule has 1 unspecified atom stereocenters. The Labute approximate surface area is 101 Å². The topological polar surface area (TPSA) is 51.8 Å². The van der Waals surface area contributed by atoms with Gasteiger partial charge < -0.3 is 4.52 Å². The van der Waals surface area contributed by atoms with E-state index in [0.717, 1.165) is 6.92 Å². The molecule has 0 aliphatic carbocycles. The summed E-state index contributed by atoms with van der Waals surface area (Å²) in [6.07, 6.45) is -1.49. The molecule has 18 heavy (non-hydrogen) atoms. The summed E-state index contributed by atoms with van der Waals surface area (Å²) in [5, 5.41) is 3.64. The van der Waals surface area contributed by atoms with Crippen LogP contribution < -0.4 is 0 Å². The van der Waals surface area contributed by atoms with Crippen molar-refractivity contribution in [2.24, 2.45) is 5.92 Å². The van der Waals surface area contributed by atoms with Crippen molar-refractivity contribution in [3.8, 4) is 11.4 Å². The summed E-state index contributed by atoms with van der Waals surface area (Å²) in [4.78, 5) is 7.75. The number of nitrogens with zero attached hydrogens (tertiary/aromatic N) is 3. The Bertz CT molecular complexity index is 510. The summed E-state index contributed by atoms with van der Waals surface area (Å²) in [6.45, 7) is 1.08. The number of halogens is 3. The molecule has 2 aromatic heterocycles. The van der Waals surface area contributed by atoms with Gasteiger partial charge in [-0.05, 0) is 12.1 Å². The minimum Gasteiger partial charge on any atom is -0.339 e. The molecule has 1 atom stereocenters. The molecule has 0 bridgehead atoms. The van der Waals surface area contributed by atoms with Crippen LogP contribution in [0.1, 0.15) is 12.8 Å². The Balaban J connectivity index is 2.12. The fraction of sp³-hybridized carbons (Fsp3) is 0.364. The third-order valence-corrected chi connectivity index (χ3v) is 2.45. The molecule has 96 valence electrons. The number of hydrogen-bond acceptors (Lipinski definition) is 4. The van der Waals surface area contributed by atoms with Crippen LogP contribution in [0.4, 0.5) is 13.2 Å². The number of hydrogen-bond donors (Lipinski definition) is 0. The van der Waals surface area contributed by atoms with Crippen LogP contribution in [0.3, 0.4) is 0 Å². The van der Waals surface area contributed by atoms with E-state index in [0.29, 0.717) is 5.56 Å². The minimum atomic E-state index is -4.26. The van der Waals surface area contributed by atoms with Gasteiger partial charge in [-0.3, -0.25) is 4.98 Å². The van der Waals surface area contributed by atoms with Crippen LogP contribution in [0.25, 0.3) is 11.4 Å². The minimum absolute atomic E-state index is 0.0216. The second-order valence-corrected chi connectivity index (χ2v) is 3.89. The van der Waals surface area contributed by atoms with E-state index in [1.807, 2.05) is 0 Å². The van der Waals surface area contributed by atoms with Crippen LogP contribution in [0, 0.1) is 5.92 Å². The lowest BCUT2D eigenvalue weighted by Crippen LogP contribution is -2.21. The van der Waals surface area contributed by atoms with Gasteiger partial charge in [0.05, 0.1) is 5.92 Å². The predicted molar refractivity (Wildman–Crippen MR) is 56.5 cm³/mol. The van der Waals surface area contributed by atoms with Crippen LogP contribution in [-0.4, -0.2) is 21.3 Å². The average Bonchev–Trinajstić information content (AvgIpc) is 2.77. The van der Waals surface area contributed by atoms with Gasteiger partial charge in [-0.2, -0.15) is 18.2 Å². The highest BCUT2D eigenvalue weighted by molar-refractivity contribution is 5.52. The van der Waals surface area contributed by atoms with Crippen LogP contribution in [0.15, 0.2) is 29.0 Å². The lowest BCUT2D eigenvalue weighted by molar-refractivity contribution is -0.170. The van der Waals surface area contributed by atoms with E-state index >= 15 is 0 Å². The van der Waals surface area contributed by atoms with Crippen molar-refractivity contribution in [2.45, 2.75) is 19.5 Å². The van der Waals surface area contributed by atoms with E-state index in [1.54, 1.807) is 24.5 Å². The van der Waals surface area contributed by atoms with Crippen molar-refractivity contribution in [3.63, 3.8) is 0 Å². The summed E-state index contributed by atoms with van der Waals surface area (Å²) in [5.41, 5.74) is 0.652. The van der Waals surface area contributed by atoms with Crippen molar-refractivity contribution >= 4 is 0 Å². The van der Waals surface area contributed by atoms with Crippen molar-refractivity contribution in [1.29, 1.82) is 0 Å². The maximum Gasteiger partial charge on any atom is 0.392 e. The van der Waals surface area contributed by atoms with Gasteiger partial charge in [-0.15, -0.1) is 0 Å². The molecule has 2 aromatic rings. The van der Waals surface area contributed by atoms with Crippen LogP contribution >= 0.6 is 0 Å². The molecule has 0 aliphatic rings. The van der Waals surface area contributed by atoms with E-state index in [4.69, 9.17) is 4.52 Å². The molecule has 0 saturated heterocycles. The summed E-state index contributed by atoms with van der Waals surface area (Å²) in [7, 11) is 0. The molecule has 2 heterocycles. The monoisotopic (exact) mass is 257 g/mol. The second kappa shape index (κ2) is 4.75. The van der Waals surface area contributed by atoms with E-state index in [-0.39, 0.29) is 18.1 Å². The van der Waals surface area contributed by atoms with Crippen LogP contribution in [0.5, 0.6) is 0 Å². The number of rotatable bonds is 3. The highest BCUT2D eigenvalue weighted by atomic mass is 19.4. The third-order valence-electron chi connectivity index (χ3n) is 2.45. The van der Waals surface area contributed by atoms with E-state index in [9.17, 15) is 13.2 Å². The number of aromatic nitrogens is 3. The Hall–Kier alpha value is -1.92. The first kappa shape index (κ1) is 12.5. The molecule has 0 aliphatic heterocycles. The van der Waals surface area contributed by atoms with Gasteiger partial charge in [0.1, 0.15) is 0 Å². The first-order chi connectivity index (χ1) is 8.47. The molecule has 7 heteroatoms. The maximum absolute atomic E-state index is 12.4. The van der Waals surface area contributed by atoms with Crippen molar-refractivity contribution in [3.05, 3.63) is 30.4 Å². The SMILES string of the molecule is CC(Cc1nc(-c2ccncc2)no1)C(F)(F)F. The quantitative estimate of drug-likeness (QED) is 0.848. The highest BCUT2D eigenvalue weighted by Crippen LogP contribution is 2.28. The molecular formula is C11H10F3N3O. The van der Waals surface area contributed by atoms with Crippen molar-refractivity contribution < 1.29 is 17.7 Å². The average molecular weight is 257 g/mol. The molecule has 0 amide bonds. The lowest BCUT2D eigenvalue weighted by Gasteiger charge is -2.12. The zero-order valence-electron chi connectivity index (χ0n) is 9.48. The second-order valence-electron chi connectivity index (χ2n) is 3.89. The maximum atomic E-state index is 12.4. The fourth-order valence-electron chi connectivity index (χ4n) is 1.33. The van der Waals surface area contributed by atoms with E-state index < -0.39 is 12.1 Å². The standard InChI is InChI=1S/C11H10F3N3O/c1-7(11(12,13)14)6-9-16-10(17-18-9)8-2-4-15-5-3-8/h2-5,7H,6H2,1H3. The van der Waals surface area contributed by atoms with Gasteiger partial charge in [-0.25, -0.2) is 0 Å². The molecule has 0 radical (unpaired) electrons. The summed E-state index contributed by atoms with van der Waals surface area (Å²) in [5.74, 6) is -1.27. The molecule has 2 rings (SSSR count). The van der Waals surface area contributed by atoms with Crippen LogP contribution in [-0.2, 0) is 6.42 Å². The predicted octanol–water partition coefficient (Wildman–Crippen LogP) is 2.87. The smallest absolute Gasteiger partial charge is 0.339 e. The lowest BCUT2D eigenvalue weighted by atomic mass is 10.1. The Morgan fingerprint density at radius 3 is 2.56 bits per heavy atom. The van der Waals surface area contributed by atoms with E-state index in [1.165, 1.54) is 0 Å². The van der Waals surface area contributed by atoms with Gasteiger partial charge in [-0.1, -0.05) is 12.1 Å². The first-order valence-electron chi connectivity index (χ1n) is 5.26. The first-order valence-corrected chi connectivity index (χ1v) is 5.26. The Morgan fingerprint density at radius 1 is 1.28 bits per heavy atom. The zero-order chi connectivity index (χ0) is 13.2. The molecule has 0 fully saturated rings. The summed E-state index contributed by atoms with van der Waals surface area (Å²) in [6, 6.07) is 3.31. The zero-order valence-corrected chi connectivity index (χ0v) is 9.48. The fourth-order valence-corrected chi connectivity index (χ4v) is 1.33. The molecule has 4 nitrogen and oxygen atoms in total. The largest absolute Gasteiger partial charge is 0.392 e. The summed E-state index contributed by atoms with van der Waals surface area (Å²) >= 11 is 0. The van der Waals surface area contributed by atoms with Gasteiger partial charge in [0.25, 0.3) is 0 Å². The highest BCUT2D eigenvalue weighted by Gasteiger charge is 2.37. The Kier molecular flexibility index (Phi) is 3.31.